The van der Waals surface area contributed by atoms with Crippen molar-refractivity contribution in [3.05, 3.63) is 10.6 Å². The van der Waals surface area contributed by atoms with Crippen LogP contribution in [0, 0.1) is 0 Å². The maximum Gasteiger partial charge on any atom is 0.332 e. The third-order valence-electron chi connectivity index (χ3n) is 2.16. The molecule has 0 saturated heterocycles. The van der Waals surface area contributed by atoms with E-state index in [2.05, 4.69) is 10.5 Å². The molecular weight excluding hydrogens is 202 g/mol. The molecule has 14 heavy (non-hydrogen) atoms. The van der Waals surface area contributed by atoms with Crippen molar-refractivity contribution in [2.24, 2.45) is 10.8 Å². The zero-order valence-corrected chi connectivity index (χ0v) is 8.90. The second-order valence-electron chi connectivity index (χ2n) is 3.25. The number of nitrogens with two attached hydrogens (primary N) is 1. The quantitative estimate of drug-likeness (QED) is 0.647. The molecule has 0 aromatic rings. The van der Waals surface area contributed by atoms with Gasteiger partial charge in [0, 0.05) is 5.03 Å². The fourth-order valence-electron chi connectivity index (χ4n) is 1.51. The van der Waals surface area contributed by atoms with Gasteiger partial charge in [-0.1, -0.05) is 11.6 Å². The average molecular weight is 216 g/mol. The molecule has 0 atom stereocenters. The second kappa shape index (κ2) is 5.00. The molecule has 4 nitrogen and oxygen atoms in total. The minimum Gasteiger partial charge on any atom is -0.350 e. The van der Waals surface area contributed by atoms with Crippen molar-refractivity contribution in [3.63, 3.8) is 0 Å². The SMILES string of the molecule is CC(Cl)=C1CCCCC1=NNC(N)=O. The minimum absolute atomic E-state index is 0.644. The maximum atomic E-state index is 10.5. The summed E-state index contributed by atoms with van der Waals surface area (Å²) in [5, 5.41) is 4.68. The molecule has 0 aromatic carbocycles. The van der Waals surface area contributed by atoms with E-state index in [1.165, 1.54) is 0 Å². The van der Waals surface area contributed by atoms with E-state index in [-0.39, 0.29) is 0 Å². The molecule has 3 N–H and O–H groups in total. The van der Waals surface area contributed by atoms with Crippen molar-refractivity contribution < 1.29 is 4.79 Å². The van der Waals surface area contributed by atoms with Crippen molar-refractivity contribution in [3.8, 4) is 0 Å². The molecule has 5 heteroatoms. The van der Waals surface area contributed by atoms with Crippen molar-refractivity contribution >= 4 is 23.3 Å². The molecular formula is C9H14ClN3O. The number of hydrazone groups is 1. The molecule has 0 aromatic heterocycles. The lowest BCUT2D eigenvalue weighted by atomic mass is 9.93. The molecule has 1 aliphatic rings. The number of rotatable bonds is 1. The lowest BCUT2D eigenvalue weighted by Gasteiger charge is -2.17. The summed E-state index contributed by atoms with van der Waals surface area (Å²) in [5.41, 5.74) is 9.04. The highest BCUT2D eigenvalue weighted by atomic mass is 35.5. The first kappa shape index (κ1) is 11.0. The van der Waals surface area contributed by atoms with E-state index in [0.29, 0.717) is 0 Å². The van der Waals surface area contributed by atoms with E-state index >= 15 is 0 Å². The van der Waals surface area contributed by atoms with Crippen LogP contribution in [0.5, 0.6) is 0 Å². The van der Waals surface area contributed by atoms with Gasteiger partial charge in [0.2, 0.25) is 0 Å². The molecule has 2 amide bonds. The number of halogens is 1. The van der Waals surface area contributed by atoms with Gasteiger partial charge in [0.05, 0.1) is 5.71 Å². The highest BCUT2D eigenvalue weighted by Gasteiger charge is 2.15. The Balaban J connectivity index is 2.78. The third-order valence-corrected chi connectivity index (χ3v) is 2.38. The zero-order valence-electron chi connectivity index (χ0n) is 8.14. The molecule has 0 bridgehead atoms. The van der Waals surface area contributed by atoms with Gasteiger partial charge in [-0.15, -0.1) is 0 Å². The van der Waals surface area contributed by atoms with E-state index in [0.717, 1.165) is 42.0 Å². The Kier molecular flexibility index (Phi) is 3.95. The van der Waals surface area contributed by atoms with E-state index in [4.69, 9.17) is 17.3 Å². The Morgan fingerprint density at radius 1 is 1.50 bits per heavy atom. The fourth-order valence-corrected chi connectivity index (χ4v) is 1.71. The van der Waals surface area contributed by atoms with Gasteiger partial charge in [-0.05, 0) is 38.2 Å². The smallest absolute Gasteiger partial charge is 0.332 e. The third kappa shape index (κ3) is 3.03. The van der Waals surface area contributed by atoms with Gasteiger partial charge in [0.15, 0.2) is 0 Å². The van der Waals surface area contributed by atoms with Crippen LogP contribution in [0.2, 0.25) is 0 Å². The minimum atomic E-state index is -0.644. The Morgan fingerprint density at radius 2 is 2.14 bits per heavy atom. The number of primary amides is 1. The van der Waals surface area contributed by atoms with Gasteiger partial charge >= 0.3 is 6.03 Å². The Labute approximate surface area is 88.2 Å². The molecule has 0 aliphatic heterocycles. The van der Waals surface area contributed by atoms with Gasteiger partial charge < -0.3 is 5.73 Å². The number of nitrogens with one attached hydrogen (secondary N) is 1. The van der Waals surface area contributed by atoms with Crippen LogP contribution in [0.4, 0.5) is 4.79 Å². The number of allylic oxidation sites excluding steroid dienone is 2. The van der Waals surface area contributed by atoms with E-state index < -0.39 is 6.03 Å². The lowest BCUT2D eigenvalue weighted by molar-refractivity contribution is 0.249. The number of hydrogen-bond donors (Lipinski definition) is 2. The largest absolute Gasteiger partial charge is 0.350 e. The molecule has 0 radical (unpaired) electrons. The molecule has 1 saturated carbocycles. The molecule has 0 unspecified atom stereocenters. The normalized spacial score (nSPS) is 23.4. The summed E-state index contributed by atoms with van der Waals surface area (Å²) >= 11 is 5.92. The highest BCUT2D eigenvalue weighted by molar-refractivity contribution is 6.32. The number of hydrogen-bond acceptors (Lipinski definition) is 2. The van der Waals surface area contributed by atoms with Gasteiger partial charge in [-0.3, -0.25) is 0 Å². The summed E-state index contributed by atoms with van der Waals surface area (Å²) in [7, 11) is 0. The van der Waals surface area contributed by atoms with E-state index in [9.17, 15) is 4.79 Å². The second-order valence-corrected chi connectivity index (χ2v) is 3.82. The fraction of sp³-hybridized carbons (Fsp3) is 0.556. The number of nitrogens with zero attached hydrogens (tertiary/aromatic N) is 1. The Morgan fingerprint density at radius 3 is 2.71 bits per heavy atom. The lowest BCUT2D eigenvalue weighted by Crippen LogP contribution is -2.26. The molecule has 0 spiro atoms. The van der Waals surface area contributed by atoms with Crippen LogP contribution in [0.3, 0.4) is 0 Å². The predicted octanol–water partition coefficient (Wildman–Crippen LogP) is 2.10. The first-order valence-corrected chi connectivity index (χ1v) is 4.96. The molecule has 0 heterocycles. The molecule has 1 rings (SSSR count). The van der Waals surface area contributed by atoms with Gasteiger partial charge in [-0.25, -0.2) is 10.2 Å². The van der Waals surface area contributed by atoms with E-state index in [1.54, 1.807) is 0 Å². The van der Waals surface area contributed by atoms with Gasteiger partial charge in [0.1, 0.15) is 0 Å². The van der Waals surface area contributed by atoms with Crippen LogP contribution in [0.25, 0.3) is 0 Å². The molecule has 1 aliphatic carbocycles. The number of carbonyl (C=O) groups is 1. The van der Waals surface area contributed by atoms with E-state index in [1.807, 2.05) is 6.92 Å². The van der Waals surface area contributed by atoms with Crippen molar-refractivity contribution in [1.82, 2.24) is 5.43 Å². The Bertz CT molecular complexity index is 292. The zero-order chi connectivity index (χ0) is 10.6. The topological polar surface area (TPSA) is 67.5 Å². The highest BCUT2D eigenvalue weighted by Crippen LogP contribution is 2.25. The summed E-state index contributed by atoms with van der Waals surface area (Å²) < 4.78 is 0. The standard InChI is InChI=1S/C9H14ClN3O/c1-6(10)7-4-2-3-5-8(7)12-13-9(11)14/h2-5H2,1H3,(H3,11,13,14). The predicted molar refractivity (Wildman–Crippen MR) is 57.2 cm³/mol. The van der Waals surface area contributed by atoms with Crippen LogP contribution >= 0.6 is 11.6 Å². The number of carbonyl (C=O) groups excluding carboxylic acids is 1. The summed E-state index contributed by atoms with van der Waals surface area (Å²) in [5.74, 6) is 0. The first-order chi connectivity index (χ1) is 6.61. The van der Waals surface area contributed by atoms with Gasteiger partial charge in [0.25, 0.3) is 0 Å². The average Bonchev–Trinajstić information content (AvgIpc) is 2.15. The monoisotopic (exact) mass is 215 g/mol. The summed E-state index contributed by atoms with van der Waals surface area (Å²) in [6, 6.07) is -0.644. The van der Waals surface area contributed by atoms with Gasteiger partial charge in [-0.2, -0.15) is 5.10 Å². The van der Waals surface area contributed by atoms with Crippen molar-refractivity contribution in [2.45, 2.75) is 32.6 Å². The summed E-state index contributed by atoms with van der Waals surface area (Å²) in [6.45, 7) is 1.84. The van der Waals surface area contributed by atoms with Crippen LogP contribution in [-0.4, -0.2) is 11.7 Å². The van der Waals surface area contributed by atoms with Crippen LogP contribution in [0.1, 0.15) is 32.6 Å². The van der Waals surface area contributed by atoms with Crippen molar-refractivity contribution in [1.29, 1.82) is 0 Å². The van der Waals surface area contributed by atoms with Crippen LogP contribution in [-0.2, 0) is 0 Å². The first-order valence-electron chi connectivity index (χ1n) is 4.59. The number of urea groups is 1. The summed E-state index contributed by atoms with van der Waals surface area (Å²) in [4.78, 5) is 10.5. The maximum absolute atomic E-state index is 10.5. The molecule has 1 fully saturated rings. The Hall–Kier alpha value is -1.03. The molecule has 78 valence electrons. The van der Waals surface area contributed by atoms with Crippen LogP contribution < -0.4 is 11.2 Å². The number of amides is 2. The summed E-state index contributed by atoms with van der Waals surface area (Å²) in [6.07, 6.45) is 3.97. The van der Waals surface area contributed by atoms with Crippen molar-refractivity contribution in [2.75, 3.05) is 0 Å². The van der Waals surface area contributed by atoms with Crippen LogP contribution in [0.15, 0.2) is 15.7 Å².